The summed E-state index contributed by atoms with van der Waals surface area (Å²) in [5.74, 6) is -1.70. The molecular weight excluding hydrogens is 376 g/mol. The molecule has 1 aromatic heterocycles. The van der Waals surface area contributed by atoms with E-state index < -0.39 is 23.7 Å². The van der Waals surface area contributed by atoms with Crippen LogP contribution in [0.15, 0.2) is 104 Å². The Morgan fingerprint density at radius 1 is 0.767 bits per heavy atom. The first-order valence-corrected chi connectivity index (χ1v) is 9.58. The average Bonchev–Trinajstić information content (AvgIpc) is 3.27. The number of ketones is 1. The number of aliphatic carboxylic acids is 1. The van der Waals surface area contributed by atoms with E-state index in [1.807, 2.05) is 95.6 Å². The fourth-order valence-corrected chi connectivity index (χ4v) is 3.86. The normalized spacial score (nSPS) is 11.2. The van der Waals surface area contributed by atoms with Crippen molar-refractivity contribution in [2.24, 2.45) is 0 Å². The van der Waals surface area contributed by atoms with Gasteiger partial charge in [-0.2, -0.15) is 0 Å². The van der Waals surface area contributed by atoms with E-state index in [4.69, 9.17) is 5.11 Å². The van der Waals surface area contributed by atoms with Gasteiger partial charge in [-0.3, -0.25) is 9.59 Å². The quantitative estimate of drug-likeness (QED) is 0.286. The van der Waals surface area contributed by atoms with E-state index >= 15 is 0 Å². The minimum absolute atomic E-state index is 0.129. The summed E-state index contributed by atoms with van der Waals surface area (Å²) in [5.41, 5.74) is 2.34. The molecule has 0 atom stereocenters. The summed E-state index contributed by atoms with van der Waals surface area (Å²) < 4.78 is 1.89. The third-order valence-corrected chi connectivity index (χ3v) is 5.14. The van der Waals surface area contributed by atoms with Crippen molar-refractivity contribution in [3.05, 3.63) is 126 Å². The third kappa shape index (κ3) is 3.42. The van der Waals surface area contributed by atoms with Gasteiger partial charge >= 0.3 is 5.97 Å². The molecule has 5 nitrogen and oxygen atoms in total. The van der Waals surface area contributed by atoms with Crippen LogP contribution in [0.1, 0.15) is 33.6 Å². The zero-order chi connectivity index (χ0) is 21.0. The van der Waals surface area contributed by atoms with Crippen molar-refractivity contribution < 1.29 is 14.7 Å². The molecule has 5 heteroatoms. The van der Waals surface area contributed by atoms with Gasteiger partial charge in [0.1, 0.15) is 17.7 Å². The van der Waals surface area contributed by atoms with Crippen molar-refractivity contribution in [3.8, 4) is 0 Å². The number of carboxylic acid groups (broad SMARTS) is 1. The van der Waals surface area contributed by atoms with Gasteiger partial charge in [0, 0.05) is 6.20 Å². The molecule has 0 amide bonds. The Kier molecular flexibility index (Phi) is 5.26. The Labute approximate surface area is 174 Å². The van der Waals surface area contributed by atoms with Gasteiger partial charge < -0.3 is 9.67 Å². The van der Waals surface area contributed by atoms with Crippen LogP contribution in [-0.2, 0) is 10.3 Å². The highest BCUT2D eigenvalue weighted by molar-refractivity contribution is 6.04. The molecule has 0 aliphatic rings. The first kappa shape index (κ1) is 19.3. The highest BCUT2D eigenvalue weighted by atomic mass is 16.4. The summed E-state index contributed by atoms with van der Waals surface area (Å²) in [6, 6.07) is 30.0. The molecule has 0 fully saturated rings. The van der Waals surface area contributed by atoms with E-state index in [1.165, 1.54) is 0 Å². The molecule has 0 aliphatic carbocycles. The topological polar surface area (TPSA) is 72.2 Å². The fraction of sp³-hybridized carbons (Fsp3) is 0.0800. The Balaban J connectivity index is 2.00. The molecule has 4 rings (SSSR count). The molecule has 30 heavy (non-hydrogen) atoms. The van der Waals surface area contributed by atoms with Crippen LogP contribution in [0.2, 0.25) is 0 Å². The van der Waals surface area contributed by atoms with Crippen molar-refractivity contribution in [1.82, 2.24) is 9.55 Å². The molecule has 3 aromatic carbocycles. The zero-order valence-corrected chi connectivity index (χ0v) is 16.2. The van der Waals surface area contributed by atoms with Crippen LogP contribution in [0.3, 0.4) is 0 Å². The van der Waals surface area contributed by atoms with Crippen LogP contribution in [-0.4, -0.2) is 26.4 Å². The Morgan fingerprint density at radius 3 is 1.60 bits per heavy atom. The Bertz CT molecular complexity index is 1060. The number of aromatic nitrogens is 2. The van der Waals surface area contributed by atoms with Gasteiger partial charge in [-0.1, -0.05) is 91.0 Å². The van der Waals surface area contributed by atoms with Crippen molar-refractivity contribution in [3.63, 3.8) is 0 Å². The Morgan fingerprint density at radius 2 is 1.20 bits per heavy atom. The molecule has 0 saturated heterocycles. The predicted molar refractivity (Wildman–Crippen MR) is 113 cm³/mol. The van der Waals surface area contributed by atoms with Crippen LogP contribution < -0.4 is 0 Å². The van der Waals surface area contributed by atoms with Gasteiger partial charge in [0.15, 0.2) is 5.78 Å². The number of hydrogen-bond acceptors (Lipinski definition) is 3. The monoisotopic (exact) mass is 396 g/mol. The maximum absolute atomic E-state index is 12.3. The first-order valence-electron chi connectivity index (χ1n) is 9.58. The molecule has 0 radical (unpaired) electrons. The molecule has 4 aromatic rings. The predicted octanol–water partition coefficient (Wildman–Crippen LogP) is 4.38. The van der Waals surface area contributed by atoms with Crippen molar-refractivity contribution >= 4 is 11.8 Å². The number of imidazole rings is 1. The van der Waals surface area contributed by atoms with Crippen molar-refractivity contribution in [2.75, 3.05) is 0 Å². The van der Waals surface area contributed by atoms with Crippen molar-refractivity contribution in [1.29, 1.82) is 0 Å². The number of nitrogens with zero attached hydrogens (tertiary/aromatic N) is 2. The Hall–Kier alpha value is -3.99. The third-order valence-electron chi connectivity index (χ3n) is 5.14. The lowest BCUT2D eigenvalue weighted by Crippen LogP contribution is -2.37. The number of benzene rings is 3. The van der Waals surface area contributed by atoms with Crippen LogP contribution in [0.5, 0.6) is 0 Å². The molecule has 1 N–H and O–H groups in total. The average molecular weight is 396 g/mol. The number of carbonyl (C=O) groups excluding carboxylic acids is 1. The summed E-state index contributed by atoms with van der Waals surface area (Å²) in [6.45, 7) is 0. The van der Waals surface area contributed by atoms with Gasteiger partial charge in [-0.15, -0.1) is 0 Å². The lowest BCUT2D eigenvalue weighted by molar-refractivity contribution is -0.135. The lowest BCUT2D eigenvalue weighted by atomic mass is 9.77. The van der Waals surface area contributed by atoms with Crippen LogP contribution >= 0.6 is 0 Å². The zero-order valence-electron chi connectivity index (χ0n) is 16.2. The lowest BCUT2D eigenvalue weighted by Gasteiger charge is -2.37. The second kappa shape index (κ2) is 8.17. The maximum Gasteiger partial charge on any atom is 0.311 e. The molecule has 1 heterocycles. The first-order chi connectivity index (χ1) is 14.6. The second-order valence-electron chi connectivity index (χ2n) is 6.97. The molecular formula is C25H20N2O3. The van der Waals surface area contributed by atoms with Gasteiger partial charge in [-0.05, 0) is 16.7 Å². The summed E-state index contributed by atoms with van der Waals surface area (Å²) in [6.07, 6.45) is 2.65. The number of carbonyl (C=O) groups is 2. The van der Waals surface area contributed by atoms with Gasteiger partial charge in [0.05, 0.1) is 6.33 Å². The van der Waals surface area contributed by atoms with E-state index in [9.17, 15) is 9.59 Å². The molecule has 148 valence electrons. The number of carboxylic acids is 1. The number of rotatable bonds is 7. The summed E-state index contributed by atoms with van der Waals surface area (Å²) in [5, 5.41) is 8.99. The highest BCUT2D eigenvalue weighted by Crippen LogP contribution is 2.40. The standard InChI is InChI=1S/C25H20N2O3/c28-23(16-24(29)30)22-17-27(18-26-22)25(19-10-4-1-5-11-19,20-12-6-2-7-13-20)21-14-8-3-9-15-21/h1-15,17-18H,16H2,(H,29,30). The second-order valence-corrected chi connectivity index (χ2v) is 6.97. The maximum atomic E-state index is 12.3. The molecule has 0 saturated carbocycles. The number of Topliss-reactive ketones (excluding diaryl/α,β-unsaturated/α-hetero) is 1. The summed E-state index contributed by atoms with van der Waals surface area (Å²) >= 11 is 0. The highest BCUT2D eigenvalue weighted by Gasteiger charge is 2.38. The summed E-state index contributed by atoms with van der Waals surface area (Å²) in [4.78, 5) is 27.6. The minimum atomic E-state index is -1.17. The minimum Gasteiger partial charge on any atom is -0.481 e. The van der Waals surface area contributed by atoms with E-state index in [0.29, 0.717) is 0 Å². The van der Waals surface area contributed by atoms with Gasteiger partial charge in [0.2, 0.25) is 0 Å². The van der Waals surface area contributed by atoms with E-state index in [0.717, 1.165) is 16.7 Å². The van der Waals surface area contributed by atoms with Crippen LogP contribution in [0.25, 0.3) is 0 Å². The summed E-state index contributed by atoms with van der Waals surface area (Å²) in [7, 11) is 0. The van der Waals surface area contributed by atoms with Crippen LogP contribution in [0.4, 0.5) is 0 Å². The van der Waals surface area contributed by atoms with Crippen molar-refractivity contribution in [2.45, 2.75) is 12.0 Å². The van der Waals surface area contributed by atoms with E-state index in [2.05, 4.69) is 4.98 Å². The molecule has 0 aliphatic heterocycles. The molecule has 0 unspecified atom stereocenters. The largest absolute Gasteiger partial charge is 0.481 e. The smallest absolute Gasteiger partial charge is 0.311 e. The molecule has 0 bridgehead atoms. The molecule has 0 spiro atoms. The SMILES string of the molecule is O=C(O)CC(=O)c1cn(C(c2ccccc2)(c2ccccc2)c2ccccc2)cn1. The van der Waals surface area contributed by atoms with E-state index in [-0.39, 0.29) is 5.69 Å². The fourth-order valence-electron chi connectivity index (χ4n) is 3.86. The number of hydrogen-bond donors (Lipinski definition) is 1. The van der Waals surface area contributed by atoms with Gasteiger partial charge in [0.25, 0.3) is 0 Å². The van der Waals surface area contributed by atoms with E-state index in [1.54, 1.807) is 12.5 Å². The van der Waals surface area contributed by atoms with Gasteiger partial charge in [-0.25, -0.2) is 4.98 Å². The van der Waals surface area contributed by atoms with Crippen LogP contribution in [0, 0.1) is 0 Å².